The van der Waals surface area contributed by atoms with Gasteiger partial charge in [-0.25, -0.2) is 0 Å². The van der Waals surface area contributed by atoms with Crippen molar-refractivity contribution in [3.05, 3.63) is 21.4 Å². The van der Waals surface area contributed by atoms with Gasteiger partial charge in [0.2, 0.25) is 0 Å². The maximum Gasteiger partial charge on any atom is 0.305 e. The topological polar surface area (TPSA) is 63.3 Å². The molecule has 0 aromatic carbocycles. The summed E-state index contributed by atoms with van der Waals surface area (Å²) in [6, 6.07) is 1.59. The highest BCUT2D eigenvalue weighted by Crippen LogP contribution is 2.26. The van der Waals surface area contributed by atoms with Crippen molar-refractivity contribution in [2.75, 3.05) is 0 Å². The summed E-state index contributed by atoms with van der Waals surface area (Å²) in [5.74, 6) is -0.851. The molecular formula is C9H13NO2S. The second-order valence-corrected chi connectivity index (χ2v) is 4.53. The zero-order chi connectivity index (χ0) is 10.0. The van der Waals surface area contributed by atoms with Crippen LogP contribution in [0, 0.1) is 13.8 Å². The van der Waals surface area contributed by atoms with Crippen LogP contribution < -0.4 is 5.73 Å². The second kappa shape index (κ2) is 3.89. The van der Waals surface area contributed by atoms with Crippen molar-refractivity contribution in [2.45, 2.75) is 26.3 Å². The van der Waals surface area contributed by atoms with E-state index in [9.17, 15) is 4.79 Å². The Morgan fingerprint density at radius 2 is 2.31 bits per heavy atom. The fourth-order valence-electron chi connectivity index (χ4n) is 1.32. The third-order valence-corrected chi connectivity index (χ3v) is 2.86. The van der Waals surface area contributed by atoms with E-state index in [0.29, 0.717) is 0 Å². The van der Waals surface area contributed by atoms with Crippen LogP contribution in [0.15, 0.2) is 6.07 Å². The first-order valence-electron chi connectivity index (χ1n) is 4.05. The molecule has 0 unspecified atom stereocenters. The van der Waals surface area contributed by atoms with E-state index in [1.165, 1.54) is 4.88 Å². The molecule has 1 aromatic heterocycles. The molecule has 0 bridgehead atoms. The molecule has 0 saturated heterocycles. The molecule has 1 heterocycles. The number of aryl methyl sites for hydroxylation is 2. The highest BCUT2D eigenvalue weighted by Gasteiger charge is 2.14. The number of thiophene rings is 1. The van der Waals surface area contributed by atoms with E-state index in [2.05, 4.69) is 0 Å². The summed E-state index contributed by atoms with van der Waals surface area (Å²) >= 11 is 1.65. The lowest BCUT2D eigenvalue weighted by Crippen LogP contribution is -2.14. The molecule has 4 heteroatoms. The van der Waals surface area contributed by atoms with Crippen molar-refractivity contribution >= 4 is 17.3 Å². The van der Waals surface area contributed by atoms with Gasteiger partial charge in [0.15, 0.2) is 0 Å². The number of hydrogen-bond acceptors (Lipinski definition) is 3. The van der Waals surface area contributed by atoms with E-state index in [0.717, 1.165) is 10.4 Å². The highest BCUT2D eigenvalue weighted by atomic mass is 32.1. The van der Waals surface area contributed by atoms with Crippen molar-refractivity contribution < 1.29 is 9.90 Å². The van der Waals surface area contributed by atoms with Crippen molar-refractivity contribution in [3.8, 4) is 0 Å². The van der Waals surface area contributed by atoms with Gasteiger partial charge in [0.1, 0.15) is 0 Å². The van der Waals surface area contributed by atoms with Crippen molar-refractivity contribution in [1.82, 2.24) is 0 Å². The minimum Gasteiger partial charge on any atom is -0.481 e. The predicted octanol–water partition coefficient (Wildman–Crippen LogP) is 1.84. The lowest BCUT2D eigenvalue weighted by molar-refractivity contribution is -0.137. The molecule has 0 fully saturated rings. The van der Waals surface area contributed by atoms with Gasteiger partial charge in [0, 0.05) is 15.8 Å². The minimum absolute atomic E-state index is 0.00296. The summed E-state index contributed by atoms with van der Waals surface area (Å²) in [7, 11) is 0. The maximum absolute atomic E-state index is 10.4. The minimum atomic E-state index is -0.851. The zero-order valence-electron chi connectivity index (χ0n) is 7.70. The first-order chi connectivity index (χ1) is 6.00. The van der Waals surface area contributed by atoms with Gasteiger partial charge in [0.05, 0.1) is 6.42 Å². The molecule has 1 atom stereocenters. The molecule has 3 nitrogen and oxygen atoms in total. The molecule has 0 saturated carbocycles. The largest absolute Gasteiger partial charge is 0.481 e. The van der Waals surface area contributed by atoms with E-state index in [4.69, 9.17) is 10.8 Å². The number of hydrogen-bond donors (Lipinski definition) is 2. The van der Waals surface area contributed by atoms with Crippen molar-refractivity contribution in [2.24, 2.45) is 5.73 Å². The number of carboxylic acids is 1. The summed E-state index contributed by atoms with van der Waals surface area (Å²) in [6.45, 7) is 3.96. The number of rotatable bonds is 3. The standard InChI is InChI=1S/C9H13NO2S/c1-5-3-7(6(2)13-5)8(10)4-9(11)12/h3,8H,4,10H2,1-2H3,(H,11,12)/t8-/m1/s1. The van der Waals surface area contributed by atoms with Crippen LogP contribution >= 0.6 is 11.3 Å². The Kier molecular flexibility index (Phi) is 3.06. The van der Waals surface area contributed by atoms with E-state index >= 15 is 0 Å². The average Bonchev–Trinajstić information content (AvgIpc) is 2.28. The molecular weight excluding hydrogens is 186 g/mol. The van der Waals surface area contributed by atoms with Crippen molar-refractivity contribution in [1.29, 1.82) is 0 Å². The summed E-state index contributed by atoms with van der Waals surface area (Å²) in [5, 5.41) is 8.57. The number of aliphatic carboxylic acids is 1. The van der Waals surface area contributed by atoms with Gasteiger partial charge < -0.3 is 10.8 Å². The van der Waals surface area contributed by atoms with Crippen LogP contribution in [0.5, 0.6) is 0 Å². The van der Waals surface area contributed by atoms with Crippen LogP contribution in [0.1, 0.15) is 27.8 Å². The summed E-state index contributed by atoms with van der Waals surface area (Å²) in [6.07, 6.45) is -0.00296. The summed E-state index contributed by atoms with van der Waals surface area (Å²) < 4.78 is 0. The normalized spacial score (nSPS) is 12.8. The van der Waals surface area contributed by atoms with Gasteiger partial charge in [-0.1, -0.05) is 0 Å². The Morgan fingerprint density at radius 1 is 1.69 bits per heavy atom. The molecule has 0 radical (unpaired) electrons. The summed E-state index contributed by atoms with van der Waals surface area (Å²) in [4.78, 5) is 12.7. The first-order valence-corrected chi connectivity index (χ1v) is 4.86. The van der Waals surface area contributed by atoms with Crippen LogP contribution in [0.3, 0.4) is 0 Å². The Hall–Kier alpha value is -0.870. The smallest absolute Gasteiger partial charge is 0.305 e. The highest BCUT2D eigenvalue weighted by molar-refractivity contribution is 7.12. The van der Waals surface area contributed by atoms with E-state index in [-0.39, 0.29) is 12.5 Å². The average molecular weight is 199 g/mol. The fraction of sp³-hybridized carbons (Fsp3) is 0.444. The van der Waals surface area contributed by atoms with E-state index in [1.54, 1.807) is 11.3 Å². The Bertz CT molecular complexity index is 319. The number of carbonyl (C=O) groups is 1. The third kappa shape index (κ3) is 2.54. The predicted molar refractivity (Wildman–Crippen MR) is 53.0 cm³/mol. The Balaban J connectivity index is 2.81. The molecule has 0 aliphatic rings. The fourth-order valence-corrected chi connectivity index (χ4v) is 2.31. The lowest BCUT2D eigenvalue weighted by Gasteiger charge is -2.07. The Labute approximate surface area is 81.2 Å². The molecule has 0 spiro atoms. The van der Waals surface area contributed by atoms with Crippen LogP contribution in [-0.4, -0.2) is 11.1 Å². The molecule has 1 rings (SSSR count). The SMILES string of the molecule is Cc1cc([C@H](N)CC(=O)O)c(C)s1. The molecule has 0 aliphatic heterocycles. The zero-order valence-corrected chi connectivity index (χ0v) is 8.52. The molecule has 0 amide bonds. The van der Waals surface area contributed by atoms with E-state index in [1.807, 2.05) is 19.9 Å². The second-order valence-electron chi connectivity index (χ2n) is 3.07. The number of nitrogens with two attached hydrogens (primary N) is 1. The van der Waals surface area contributed by atoms with Gasteiger partial charge in [-0.3, -0.25) is 4.79 Å². The van der Waals surface area contributed by atoms with Crippen molar-refractivity contribution in [3.63, 3.8) is 0 Å². The van der Waals surface area contributed by atoms with Crippen LogP contribution in [0.2, 0.25) is 0 Å². The number of carboxylic acid groups (broad SMARTS) is 1. The van der Waals surface area contributed by atoms with Crippen LogP contribution in [0.4, 0.5) is 0 Å². The van der Waals surface area contributed by atoms with E-state index < -0.39 is 5.97 Å². The quantitative estimate of drug-likeness (QED) is 0.780. The maximum atomic E-state index is 10.4. The summed E-state index contributed by atoms with van der Waals surface area (Å²) in [5.41, 5.74) is 6.70. The van der Waals surface area contributed by atoms with Gasteiger partial charge in [-0.05, 0) is 25.5 Å². The van der Waals surface area contributed by atoms with Crippen LogP contribution in [-0.2, 0) is 4.79 Å². The molecule has 0 aliphatic carbocycles. The van der Waals surface area contributed by atoms with Crippen LogP contribution in [0.25, 0.3) is 0 Å². The monoisotopic (exact) mass is 199 g/mol. The lowest BCUT2D eigenvalue weighted by atomic mass is 10.1. The molecule has 72 valence electrons. The third-order valence-electron chi connectivity index (χ3n) is 1.87. The molecule has 13 heavy (non-hydrogen) atoms. The molecule has 1 aromatic rings. The van der Waals surface area contributed by atoms with Gasteiger partial charge in [-0.15, -0.1) is 11.3 Å². The van der Waals surface area contributed by atoms with Gasteiger partial charge >= 0.3 is 5.97 Å². The van der Waals surface area contributed by atoms with Gasteiger partial charge in [-0.2, -0.15) is 0 Å². The first kappa shape index (κ1) is 10.2. The Morgan fingerprint density at radius 3 is 2.69 bits per heavy atom. The van der Waals surface area contributed by atoms with Gasteiger partial charge in [0.25, 0.3) is 0 Å². The molecule has 3 N–H and O–H groups in total.